The van der Waals surface area contributed by atoms with Crippen molar-refractivity contribution in [2.75, 3.05) is 5.32 Å². The molecule has 1 aliphatic rings. The number of hydrogen-bond donors (Lipinski definition) is 2. The maximum atomic E-state index is 12.7. The second kappa shape index (κ2) is 7.33. The van der Waals surface area contributed by atoms with Gasteiger partial charge in [-0.05, 0) is 39.1 Å². The third-order valence-electron chi connectivity index (χ3n) is 5.71. The lowest BCUT2D eigenvalue weighted by Gasteiger charge is -2.28. The Labute approximate surface area is 187 Å². The highest BCUT2D eigenvalue weighted by Gasteiger charge is 2.34. The van der Waals surface area contributed by atoms with E-state index in [0.717, 1.165) is 11.1 Å². The van der Waals surface area contributed by atoms with E-state index in [-0.39, 0.29) is 16.8 Å². The number of rotatable bonds is 3. The number of H-pyrrole nitrogens is 1. The van der Waals surface area contributed by atoms with Gasteiger partial charge in [-0.25, -0.2) is 5.10 Å². The lowest BCUT2D eigenvalue weighted by Crippen LogP contribution is -2.29. The first-order chi connectivity index (χ1) is 15.7. The van der Waals surface area contributed by atoms with Crippen molar-refractivity contribution < 1.29 is 4.92 Å². The van der Waals surface area contributed by atoms with E-state index in [1.807, 2.05) is 24.3 Å². The molecule has 4 aromatic rings. The Morgan fingerprint density at radius 3 is 2.39 bits per heavy atom. The minimum Gasteiger partial charge on any atom is -0.318 e. The van der Waals surface area contributed by atoms with Crippen LogP contribution in [-0.2, 0) is 5.41 Å². The SMILES string of the molecule is CC(C)(C)c1ccc([C@@H]2c3c(-c4ccc([N+](=O)[O-])cc4)n[nH]c(=O)c3Nc3nnnn32)cc1. The predicted molar refractivity (Wildman–Crippen MR) is 120 cm³/mol. The highest BCUT2D eigenvalue weighted by atomic mass is 16.6. The molecule has 5 rings (SSSR count). The number of anilines is 2. The van der Waals surface area contributed by atoms with Gasteiger partial charge in [0.05, 0.1) is 10.6 Å². The van der Waals surface area contributed by atoms with Crippen molar-refractivity contribution in [2.24, 2.45) is 0 Å². The molecule has 1 aliphatic heterocycles. The third-order valence-corrected chi connectivity index (χ3v) is 5.71. The molecule has 11 heteroatoms. The molecule has 3 heterocycles. The summed E-state index contributed by atoms with van der Waals surface area (Å²) in [5.41, 5.74) is 3.51. The zero-order valence-corrected chi connectivity index (χ0v) is 18.1. The molecular formula is C22H20N8O3. The molecule has 2 aromatic heterocycles. The number of non-ortho nitro benzene ring substituents is 1. The zero-order valence-electron chi connectivity index (χ0n) is 18.1. The van der Waals surface area contributed by atoms with E-state index in [4.69, 9.17) is 0 Å². The molecule has 33 heavy (non-hydrogen) atoms. The fourth-order valence-electron chi connectivity index (χ4n) is 3.97. The van der Waals surface area contributed by atoms with E-state index in [1.54, 1.807) is 16.8 Å². The number of nitro benzene ring substituents is 1. The predicted octanol–water partition coefficient (Wildman–Crippen LogP) is 3.32. The van der Waals surface area contributed by atoms with Gasteiger partial charge in [0.2, 0.25) is 5.95 Å². The molecule has 0 aliphatic carbocycles. The number of nitrogens with zero attached hydrogens (tertiary/aromatic N) is 6. The normalized spacial score (nSPS) is 14.8. The van der Waals surface area contributed by atoms with Crippen molar-refractivity contribution in [1.29, 1.82) is 0 Å². The smallest absolute Gasteiger partial charge is 0.288 e. The Hall–Kier alpha value is -4.41. The summed E-state index contributed by atoms with van der Waals surface area (Å²) in [7, 11) is 0. The monoisotopic (exact) mass is 444 g/mol. The molecule has 0 radical (unpaired) electrons. The van der Waals surface area contributed by atoms with Gasteiger partial charge < -0.3 is 5.32 Å². The van der Waals surface area contributed by atoms with Crippen molar-refractivity contribution in [2.45, 2.75) is 32.2 Å². The van der Waals surface area contributed by atoms with E-state index in [9.17, 15) is 14.9 Å². The van der Waals surface area contributed by atoms with Crippen LogP contribution in [0.25, 0.3) is 11.3 Å². The molecule has 1 atom stereocenters. The van der Waals surface area contributed by atoms with E-state index in [1.165, 1.54) is 12.1 Å². The van der Waals surface area contributed by atoms with Crippen molar-refractivity contribution in [3.05, 3.63) is 85.7 Å². The first-order valence-electron chi connectivity index (χ1n) is 10.3. The number of hydrogen-bond acceptors (Lipinski definition) is 8. The number of aromatic nitrogens is 6. The highest BCUT2D eigenvalue weighted by molar-refractivity contribution is 5.75. The number of nitrogens with one attached hydrogen (secondary N) is 2. The van der Waals surface area contributed by atoms with Crippen LogP contribution in [0.4, 0.5) is 17.3 Å². The summed E-state index contributed by atoms with van der Waals surface area (Å²) in [6.07, 6.45) is 0. The Bertz CT molecular complexity index is 1420. The van der Waals surface area contributed by atoms with Crippen molar-refractivity contribution in [1.82, 2.24) is 30.4 Å². The summed E-state index contributed by atoms with van der Waals surface area (Å²) < 4.78 is 1.60. The summed E-state index contributed by atoms with van der Waals surface area (Å²) in [5, 5.41) is 32.8. The lowest BCUT2D eigenvalue weighted by atomic mass is 9.85. The maximum absolute atomic E-state index is 12.7. The quantitative estimate of drug-likeness (QED) is 0.318. The number of fused-ring (bicyclic) bond motifs is 2. The molecule has 2 aromatic carbocycles. The molecule has 0 bridgehead atoms. The standard InChI is InChI=1S/C22H20N8O3/c1-22(2,3)14-8-4-13(5-9-14)19-16-17(12-6-10-15(11-7-12)30(32)33)24-25-20(31)18(16)23-21-26-27-28-29(19)21/h4-11,19H,1-3H3,(H,25,31)(H,23,26,28)/t19-/m1/s1. The Morgan fingerprint density at radius 2 is 1.76 bits per heavy atom. The number of tetrazole rings is 1. The zero-order chi connectivity index (χ0) is 23.3. The largest absolute Gasteiger partial charge is 0.318 e. The number of aromatic amines is 1. The molecule has 0 saturated heterocycles. The van der Waals surface area contributed by atoms with Crippen LogP contribution in [0, 0.1) is 10.1 Å². The molecule has 0 saturated carbocycles. The topological polar surface area (TPSA) is 145 Å². The van der Waals surface area contributed by atoms with Gasteiger partial charge in [0.25, 0.3) is 11.2 Å². The van der Waals surface area contributed by atoms with Crippen LogP contribution in [0.3, 0.4) is 0 Å². The molecule has 11 nitrogen and oxygen atoms in total. The first-order valence-corrected chi connectivity index (χ1v) is 10.3. The van der Waals surface area contributed by atoms with E-state index < -0.39 is 16.5 Å². The summed E-state index contributed by atoms with van der Waals surface area (Å²) in [6.45, 7) is 6.41. The maximum Gasteiger partial charge on any atom is 0.288 e. The van der Waals surface area contributed by atoms with E-state index in [0.29, 0.717) is 22.8 Å². The van der Waals surface area contributed by atoms with Crippen LogP contribution in [0.15, 0.2) is 53.3 Å². The fraction of sp³-hybridized carbons (Fsp3) is 0.227. The van der Waals surface area contributed by atoms with Gasteiger partial charge in [-0.15, -0.1) is 0 Å². The van der Waals surface area contributed by atoms with Crippen LogP contribution in [0.1, 0.15) is 43.5 Å². The molecule has 0 amide bonds. The van der Waals surface area contributed by atoms with Crippen LogP contribution < -0.4 is 10.9 Å². The molecule has 0 fully saturated rings. The number of benzene rings is 2. The van der Waals surface area contributed by atoms with Gasteiger partial charge in [-0.1, -0.05) is 50.1 Å². The van der Waals surface area contributed by atoms with Gasteiger partial charge in [-0.2, -0.15) is 9.78 Å². The first kappa shape index (κ1) is 20.5. The Balaban J connectivity index is 1.72. The second-order valence-corrected chi connectivity index (χ2v) is 8.84. The molecular weight excluding hydrogens is 424 g/mol. The van der Waals surface area contributed by atoms with Crippen molar-refractivity contribution in [3.63, 3.8) is 0 Å². The highest BCUT2D eigenvalue weighted by Crippen LogP contribution is 2.41. The van der Waals surface area contributed by atoms with Gasteiger partial charge in [-0.3, -0.25) is 14.9 Å². The van der Waals surface area contributed by atoms with Crippen molar-refractivity contribution >= 4 is 17.3 Å². The fourth-order valence-corrected chi connectivity index (χ4v) is 3.97. The third kappa shape index (κ3) is 3.43. The summed E-state index contributed by atoms with van der Waals surface area (Å²) in [4.78, 5) is 23.3. The van der Waals surface area contributed by atoms with Gasteiger partial charge in [0.1, 0.15) is 11.7 Å². The van der Waals surface area contributed by atoms with Gasteiger partial charge >= 0.3 is 0 Å². The lowest BCUT2D eigenvalue weighted by molar-refractivity contribution is -0.384. The second-order valence-electron chi connectivity index (χ2n) is 8.84. The number of nitro groups is 1. The van der Waals surface area contributed by atoms with Crippen LogP contribution in [-0.4, -0.2) is 35.3 Å². The molecule has 2 N–H and O–H groups in total. The van der Waals surface area contributed by atoms with E-state index >= 15 is 0 Å². The van der Waals surface area contributed by atoms with Crippen molar-refractivity contribution in [3.8, 4) is 11.3 Å². The summed E-state index contributed by atoms with van der Waals surface area (Å²) in [6, 6.07) is 13.6. The minimum atomic E-state index is -0.528. The van der Waals surface area contributed by atoms with Crippen LogP contribution in [0.5, 0.6) is 0 Å². The minimum absolute atomic E-state index is 0.0207. The van der Waals surface area contributed by atoms with Crippen LogP contribution in [0.2, 0.25) is 0 Å². The molecule has 166 valence electrons. The van der Waals surface area contributed by atoms with Crippen LogP contribution >= 0.6 is 0 Å². The molecule has 0 unspecified atom stereocenters. The van der Waals surface area contributed by atoms with Gasteiger partial charge in [0, 0.05) is 23.3 Å². The Kier molecular flexibility index (Phi) is 4.55. The van der Waals surface area contributed by atoms with Gasteiger partial charge in [0.15, 0.2) is 0 Å². The average Bonchev–Trinajstić information content (AvgIpc) is 3.26. The average molecular weight is 444 g/mol. The summed E-state index contributed by atoms with van der Waals surface area (Å²) >= 11 is 0. The summed E-state index contributed by atoms with van der Waals surface area (Å²) in [5.74, 6) is 0.332. The Morgan fingerprint density at radius 1 is 1.06 bits per heavy atom. The molecule has 0 spiro atoms. The van der Waals surface area contributed by atoms with E-state index in [2.05, 4.69) is 51.8 Å².